The summed E-state index contributed by atoms with van der Waals surface area (Å²) < 4.78 is 0. The number of benzene rings is 1. The number of fused-ring (bicyclic) bond motifs is 1. The minimum atomic E-state index is -0.825. The standard InChI is InChI=1S/C10H10NO2/c12-10(13)9-6-5-7-3-1-2-4-8(7)11-9/h1-4,9H,5-6H2,(H,12,13). The zero-order valence-electron chi connectivity index (χ0n) is 7.10. The van der Waals surface area contributed by atoms with Crippen molar-refractivity contribution in [1.29, 1.82) is 0 Å². The SMILES string of the molecule is O=C(O)C1CCc2ccccc2[N]1. The summed E-state index contributed by atoms with van der Waals surface area (Å²) >= 11 is 0. The molecule has 0 spiro atoms. The van der Waals surface area contributed by atoms with E-state index < -0.39 is 12.0 Å². The third-order valence-electron chi connectivity index (χ3n) is 2.26. The highest BCUT2D eigenvalue weighted by Gasteiger charge is 2.24. The second kappa shape index (κ2) is 3.09. The molecule has 1 heterocycles. The van der Waals surface area contributed by atoms with E-state index in [0.29, 0.717) is 6.42 Å². The molecule has 1 aliphatic heterocycles. The molecule has 0 amide bonds. The summed E-state index contributed by atoms with van der Waals surface area (Å²) in [6.45, 7) is 0. The largest absolute Gasteiger partial charge is 0.480 e. The van der Waals surface area contributed by atoms with E-state index in [0.717, 1.165) is 17.7 Å². The summed E-state index contributed by atoms with van der Waals surface area (Å²) in [5, 5.41) is 12.9. The number of carboxylic acid groups (broad SMARTS) is 1. The van der Waals surface area contributed by atoms with Gasteiger partial charge in [0.2, 0.25) is 0 Å². The van der Waals surface area contributed by atoms with E-state index in [1.165, 1.54) is 0 Å². The molecule has 1 aromatic rings. The van der Waals surface area contributed by atoms with Crippen molar-refractivity contribution in [3.63, 3.8) is 0 Å². The second-order valence-corrected chi connectivity index (χ2v) is 3.15. The maximum absolute atomic E-state index is 10.7. The van der Waals surface area contributed by atoms with Crippen molar-refractivity contribution in [3.8, 4) is 0 Å². The lowest BCUT2D eigenvalue weighted by Crippen LogP contribution is -2.32. The fraction of sp³-hybridized carbons (Fsp3) is 0.300. The Bertz CT molecular complexity index is 335. The highest BCUT2D eigenvalue weighted by molar-refractivity contribution is 5.75. The van der Waals surface area contributed by atoms with E-state index >= 15 is 0 Å². The van der Waals surface area contributed by atoms with Gasteiger partial charge in [-0.25, -0.2) is 4.79 Å². The molecule has 0 aromatic heterocycles. The van der Waals surface area contributed by atoms with Crippen molar-refractivity contribution in [1.82, 2.24) is 5.32 Å². The van der Waals surface area contributed by atoms with E-state index in [-0.39, 0.29) is 0 Å². The van der Waals surface area contributed by atoms with Gasteiger partial charge in [0.15, 0.2) is 0 Å². The average Bonchev–Trinajstić information content (AvgIpc) is 2.17. The number of rotatable bonds is 1. The molecule has 1 aromatic carbocycles. The molecule has 13 heavy (non-hydrogen) atoms. The topological polar surface area (TPSA) is 51.4 Å². The predicted molar refractivity (Wildman–Crippen MR) is 48.0 cm³/mol. The number of carboxylic acids is 1. The van der Waals surface area contributed by atoms with Crippen LogP contribution >= 0.6 is 0 Å². The van der Waals surface area contributed by atoms with E-state index in [2.05, 4.69) is 5.32 Å². The van der Waals surface area contributed by atoms with Gasteiger partial charge in [0.05, 0.1) is 5.69 Å². The molecule has 0 saturated carbocycles. The molecule has 1 N–H and O–H groups in total. The molecule has 0 fully saturated rings. The molecule has 67 valence electrons. The second-order valence-electron chi connectivity index (χ2n) is 3.15. The lowest BCUT2D eigenvalue weighted by Gasteiger charge is -2.20. The van der Waals surface area contributed by atoms with Gasteiger partial charge in [-0.1, -0.05) is 18.2 Å². The molecule has 3 heteroatoms. The maximum Gasteiger partial charge on any atom is 0.328 e. The van der Waals surface area contributed by atoms with Crippen molar-refractivity contribution in [2.24, 2.45) is 0 Å². The summed E-state index contributed by atoms with van der Waals surface area (Å²) in [4.78, 5) is 10.7. The number of hydrogen-bond acceptors (Lipinski definition) is 1. The van der Waals surface area contributed by atoms with Gasteiger partial charge >= 0.3 is 5.97 Å². The van der Waals surface area contributed by atoms with Crippen LogP contribution in [0.3, 0.4) is 0 Å². The Kier molecular flexibility index (Phi) is 1.93. The van der Waals surface area contributed by atoms with Crippen LogP contribution in [0.5, 0.6) is 0 Å². The number of aryl methyl sites for hydroxylation is 1. The first-order valence-corrected chi connectivity index (χ1v) is 4.29. The zero-order valence-corrected chi connectivity index (χ0v) is 7.10. The monoisotopic (exact) mass is 176 g/mol. The number of hydrogen-bond donors (Lipinski definition) is 1. The van der Waals surface area contributed by atoms with E-state index in [1.807, 2.05) is 24.3 Å². The van der Waals surface area contributed by atoms with Crippen LogP contribution in [-0.2, 0) is 11.2 Å². The molecule has 1 atom stereocenters. The molecular weight excluding hydrogens is 166 g/mol. The van der Waals surface area contributed by atoms with Crippen LogP contribution in [0.1, 0.15) is 12.0 Å². The molecule has 1 unspecified atom stereocenters. The highest BCUT2D eigenvalue weighted by atomic mass is 16.4. The van der Waals surface area contributed by atoms with Gasteiger partial charge in [-0.15, -0.1) is 0 Å². The molecule has 0 saturated heterocycles. The van der Waals surface area contributed by atoms with Crippen molar-refractivity contribution >= 4 is 11.7 Å². The molecule has 3 nitrogen and oxygen atoms in total. The third kappa shape index (κ3) is 1.49. The van der Waals surface area contributed by atoms with Gasteiger partial charge in [0.25, 0.3) is 0 Å². The van der Waals surface area contributed by atoms with Crippen molar-refractivity contribution in [2.45, 2.75) is 18.9 Å². The first kappa shape index (κ1) is 8.10. The van der Waals surface area contributed by atoms with Crippen molar-refractivity contribution < 1.29 is 9.90 Å². The van der Waals surface area contributed by atoms with E-state index in [4.69, 9.17) is 5.11 Å². The summed E-state index contributed by atoms with van der Waals surface area (Å²) in [7, 11) is 0. The van der Waals surface area contributed by atoms with Crippen molar-refractivity contribution in [3.05, 3.63) is 29.8 Å². The van der Waals surface area contributed by atoms with Crippen molar-refractivity contribution in [2.75, 3.05) is 0 Å². The van der Waals surface area contributed by atoms with Crippen LogP contribution in [0.25, 0.3) is 0 Å². The fourth-order valence-corrected chi connectivity index (χ4v) is 1.55. The van der Waals surface area contributed by atoms with E-state index in [9.17, 15) is 4.79 Å². The number of para-hydroxylation sites is 1. The normalized spacial score (nSPS) is 20.2. The third-order valence-corrected chi connectivity index (χ3v) is 2.26. The van der Waals surface area contributed by atoms with Crippen LogP contribution in [0, 0.1) is 0 Å². The Morgan fingerprint density at radius 1 is 1.46 bits per heavy atom. The van der Waals surface area contributed by atoms with E-state index in [1.54, 1.807) is 0 Å². The summed E-state index contributed by atoms with van der Waals surface area (Å²) in [5.74, 6) is -0.825. The van der Waals surface area contributed by atoms with Crippen LogP contribution in [-0.4, -0.2) is 17.1 Å². The fourth-order valence-electron chi connectivity index (χ4n) is 1.55. The zero-order chi connectivity index (χ0) is 9.26. The van der Waals surface area contributed by atoms with Gasteiger partial charge in [0.1, 0.15) is 6.04 Å². The van der Waals surface area contributed by atoms with Gasteiger partial charge in [0, 0.05) is 0 Å². The summed E-state index contributed by atoms with van der Waals surface area (Å²) in [5.41, 5.74) is 1.99. The molecular formula is C10H10NO2. The molecule has 2 rings (SSSR count). The maximum atomic E-state index is 10.7. The highest BCUT2D eigenvalue weighted by Crippen LogP contribution is 2.24. The number of nitrogens with zero attached hydrogens (tertiary/aromatic N) is 1. The van der Waals surface area contributed by atoms with Crippen LogP contribution in [0.2, 0.25) is 0 Å². The first-order chi connectivity index (χ1) is 6.27. The Balaban J connectivity index is 2.24. The van der Waals surface area contributed by atoms with Gasteiger partial charge in [-0.2, -0.15) is 0 Å². The molecule has 0 aliphatic carbocycles. The minimum Gasteiger partial charge on any atom is -0.480 e. The minimum absolute atomic E-state index is 0.546. The lowest BCUT2D eigenvalue weighted by atomic mass is 9.98. The van der Waals surface area contributed by atoms with Gasteiger partial charge in [-0.05, 0) is 24.5 Å². The Morgan fingerprint density at radius 3 is 3.00 bits per heavy atom. The molecule has 1 aliphatic rings. The Morgan fingerprint density at radius 2 is 2.23 bits per heavy atom. The first-order valence-electron chi connectivity index (χ1n) is 4.29. The van der Waals surface area contributed by atoms with Crippen LogP contribution < -0.4 is 5.32 Å². The molecule has 1 radical (unpaired) electrons. The number of carbonyl (C=O) groups is 1. The Labute approximate surface area is 76.4 Å². The average molecular weight is 176 g/mol. The summed E-state index contributed by atoms with van der Waals surface area (Å²) in [6, 6.07) is 7.15. The number of aliphatic carboxylic acids is 1. The Hall–Kier alpha value is -1.51. The quantitative estimate of drug-likeness (QED) is 0.701. The smallest absolute Gasteiger partial charge is 0.328 e. The molecule has 0 bridgehead atoms. The van der Waals surface area contributed by atoms with Gasteiger partial charge in [-0.3, -0.25) is 5.32 Å². The van der Waals surface area contributed by atoms with Crippen LogP contribution in [0.15, 0.2) is 24.3 Å². The summed E-state index contributed by atoms with van der Waals surface area (Å²) in [6.07, 6.45) is 1.43. The van der Waals surface area contributed by atoms with Crippen LogP contribution in [0.4, 0.5) is 5.69 Å². The van der Waals surface area contributed by atoms with Gasteiger partial charge < -0.3 is 5.11 Å². The predicted octanol–water partition coefficient (Wildman–Crippen LogP) is 1.32. The lowest BCUT2D eigenvalue weighted by molar-refractivity contribution is -0.139.